The summed E-state index contributed by atoms with van der Waals surface area (Å²) >= 11 is 0. The van der Waals surface area contributed by atoms with Crippen molar-refractivity contribution in [2.24, 2.45) is 0 Å². The summed E-state index contributed by atoms with van der Waals surface area (Å²) in [6.45, 7) is 14.3. The SMILES string of the molecule is CCCCCNCC(C)N1CCN(CCN(C)C)CC1. The van der Waals surface area contributed by atoms with Crippen molar-refractivity contribution in [1.82, 2.24) is 20.0 Å². The van der Waals surface area contributed by atoms with E-state index in [0.717, 1.165) is 6.54 Å². The van der Waals surface area contributed by atoms with Crippen molar-refractivity contribution >= 4 is 0 Å². The number of hydrogen-bond acceptors (Lipinski definition) is 4. The van der Waals surface area contributed by atoms with Crippen LogP contribution in [0.15, 0.2) is 0 Å². The Bertz CT molecular complexity index is 225. The van der Waals surface area contributed by atoms with Crippen LogP contribution in [-0.4, -0.2) is 87.2 Å². The Balaban J connectivity index is 2.07. The van der Waals surface area contributed by atoms with E-state index in [-0.39, 0.29) is 0 Å². The van der Waals surface area contributed by atoms with E-state index in [1.54, 1.807) is 0 Å². The summed E-state index contributed by atoms with van der Waals surface area (Å²) in [5, 5.41) is 3.61. The van der Waals surface area contributed by atoms with Crippen molar-refractivity contribution in [1.29, 1.82) is 0 Å². The zero-order valence-corrected chi connectivity index (χ0v) is 14.2. The van der Waals surface area contributed by atoms with E-state index in [1.807, 2.05) is 0 Å². The molecule has 1 saturated heterocycles. The Morgan fingerprint density at radius 2 is 1.80 bits per heavy atom. The van der Waals surface area contributed by atoms with Crippen molar-refractivity contribution in [3.05, 3.63) is 0 Å². The van der Waals surface area contributed by atoms with Crippen LogP contribution in [0.1, 0.15) is 33.1 Å². The highest BCUT2D eigenvalue weighted by atomic mass is 15.3. The van der Waals surface area contributed by atoms with Crippen LogP contribution >= 0.6 is 0 Å². The molecule has 0 saturated carbocycles. The molecule has 0 amide bonds. The summed E-state index contributed by atoms with van der Waals surface area (Å²) in [4.78, 5) is 7.51. The molecule has 1 heterocycles. The molecule has 1 N–H and O–H groups in total. The third-order valence-corrected chi connectivity index (χ3v) is 4.29. The Hall–Kier alpha value is -0.160. The van der Waals surface area contributed by atoms with Gasteiger partial charge in [0.05, 0.1) is 0 Å². The molecule has 0 aliphatic carbocycles. The standard InChI is InChI=1S/C16H36N4/c1-5-6-7-8-17-15-16(2)20-13-11-19(12-14-20)10-9-18(3)4/h16-17H,5-15H2,1-4H3. The molecular weight excluding hydrogens is 248 g/mol. The predicted octanol–water partition coefficient (Wildman–Crippen LogP) is 1.33. The van der Waals surface area contributed by atoms with E-state index in [0.29, 0.717) is 6.04 Å². The summed E-state index contributed by atoms with van der Waals surface area (Å²) < 4.78 is 0. The lowest BCUT2D eigenvalue weighted by molar-refractivity contribution is 0.0971. The maximum absolute atomic E-state index is 3.61. The number of hydrogen-bond donors (Lipinski definition) is 1. The summed E-state index contributed by atoms with van der Waals surface area (Å²) in [6.07, 6.45) is 3.99. The van der Waals surface area contributed by atoms with Gasteiger partial charge in [0.25, 0.3) is 0 Å². The van der Waals surface area contributed by atoms with Crippen molar-refractivity contribution in [2.45, 2.75) is 39.2 Å². The van der Waals surface area contributed by atoms with Gasteiger partial charge in [-0.1, -0.05) is 19.8 Å². The molecule has 20 heavy (non-hydrogen) atoms. The van der Waals surface area contributed by atoms with E-state index in [2.05, 4.69) is 48.0 Å². The molecule has 1 aliphatic rings. The van der Waals surface area contributed by atoms with Gasteiger partial charge in [0.1, 0.15) is 0 Å². The van der Waals surface area contributed by atoms with Gasteiger partial charge in [-0.2, -0.15) is 0 Å². The first-order valence-electron chi connectivity index (χ1n) is 8.45. The van der Waals surface area contributed by atoms with Gasteiger partial charge in [0, 0.05) is 51.9 Å². The second-order valence-electron chi connectivity index (χ2n) is 6.44. The fraction of sp³-hybridized carbons (Fsp3) is 1.00. The van der Waals surface area contributed by atoms with Gasteiger partial charge in [-0.15, -0.1) is 0 Å². The molecule has 4 nitrogen and oxygen atoms in total. The monoisotopic (exact) mass is 284 g/mol. The first-order valence-corrected chi connectivity index (χ1v) is 8.45. The molecule has 0 radical (unpaired) electrons. The number of piperazine rings is 1. The van der Waals surface area contributed by atoms with Crippen LogP contribution < -0.4 is 5.32 Å². The molecule has 1 rings (SSSR count). The highest BCUT2D eigenvalue weighted by Gasteiger charge is 2.20. The molecule has 1 atom stereocenters. The highest BCUT2D eigenvalue weighted by Crippen LogP contribution is 2.06. The normalized spacial score (nSPS) is 19.6. The van der Waals surface area contributed by atoms with Crippen molar-refractivity contribution in [3.63, 3.8) is 0 Å². The first kappa shape index (κ1) is 17.9. The van der Waals surface area contributed by atoms with Crippen molar-refractivity contribution in [2.75, 3.05) is 66.5 Å². The molecule has 0 bridgehead atoms. The van der Waals surface area contributed by atoms with Crippen LogP contribution in [0.5, 0.6) is 0 Å². The van der Waals surface area contributed by atoms with Crippen LogP contribution in [0.3, 0.4) is 0 Å². The predicted molar refractivity (Wildman–Crippen MR) is 88.4 cm³/mol. The molecular formula is C16H36N4. The van der Waals surface area contributed by atoms with Crippen molar-refractivity contribution in [3.8, 4) is 0 Å². The van der Waals surface area contributed by atoms with Gasteiger partial charge in [-0.3, -0.25) is 9.80 Å². The molecule has 0 aromatic carbocycles. The second-order valence-corrected chi connectivity index (χ2v) is 6.44. The number of rotatable bonds is 10. The minimum absolute atomic E-state index is 0.674. The zero-order chi connectivity index (χ0) is 14.8. The Labute approximate surface area is 126 Å². The molecule has 0 aromatic heterocycles. The number of nitrogens with one attached hydrogen (secondary N) is 1. The van der Waals surface area contributed by atoms with Gasteiger partial charge in [-0.05, 0) is 34.0 Å². The minimum atomic E-state index is 0.674. The van der Waals surface area contributed by atoms with E-state index >= 15 is 0 Å². The number of nitrogens with zero attached hydrogens (tertiary/aromatic N) is 3. The smallest absolute Gasteiger partial charge is 0.0193 e. The van der Waals surface area contributed by atoms with Crippen LogP contribution in [0.2, 0.25) is 0 Å². The second kappa shape index (κ2) is 10.6. The molecule has 1 aliphatic heterocycles. The molecule has 4 heteroatoms. The summed E-state index contributed by atoms with van der Waals surface area (Å²) in [5.74, 6) is 0. The maximum atomic E-state index is 3.61. The molecule has 0 aromatic rings. The molecule has 120 valence electrons. The average molecular weight is 284 g/mol. The quantitative estimate of drug-likeness (QED) is 0.611. The van der Waals surface area contributed by atoms with Crippen molar-refractivity contribution < 1.29 is 0 Å². The third kappa shape index (κ3) is 7.58. The van der Waals surface area contributed by atoms with Crippen LogP contribution in [0, 0.1) is 0 Å². The van der Waals surface area contributed by atoms with E-state index in [9.17, 15) is 0 Å². The average Bonchev–Trinajstić information content (AvgIpc) is 2.45. The minimum Gasteiger partial charge on any atom is -0.315 e. The molecule has 0 spiro atoms. The summed E-state index contributed by atoms with van der Waals surface area (Å²) in [7, 11) is 4.31. The number of unbranched alkanes of at least 4 members (excludes halogenated alkanes) is 2. The fourth-order valence-corrected chi connectivity index (χ4v) is 2.71. The molecule has 1 fully saturated rings. The van der Waals surface area contributed by atoms with Crippen LogP contribution in [0.4, 0.5) is 0 Å². The number of likely N-dealkylation sites (N-methyl/N-ethyl adjacent to an activating group) is 1. The van der Waals surface area contributed by atoms with E-state index in [1.165, 1.54) is 65.1 Å². The van der Waals surface area contributed by atoms with Gasteiger partial charge in [-0.25, -0.2) is 0 Å². The van der Waals surface area contributed by atoms with Crippen LogP contribution in [-0.2, 0) is 0 Å². The van der Waals surface area contributed by atoms with E-state index in [4.69, 9.17) is 0 Å². The highest BCUT2D eigenvalue weighted by molar-refractivity contribution is 4.77. The summed E-state index contributed by atoms with van der Waals surface area (Å²) in [6, 6.07) is 0.674. The lowest BCUT2D eigenvalue weighted by Crippen LogP contribution is -2.52. The Morgan fingerprint density at radius 3 is 2.40 bits per heavy atom. The van der Waals surface area contributed by atoms with Crippen LogP contribution in [0.25, 0.3) is 0 Å². The van der Waals surface area contributed by atoms with Gasteiger partial charge >= 0.3 is 0 Å². The topological polar surface area (TPSA) is 21.8 Å². The lowest BCUT2D eigenvalue weighted by atomic mass is 10.2. The van der Waals surface area contributed by atoms with Gasteiger partial charge < -0.3 is 10.2 Å². The lowest BCUT2D eigenvalue weighted by Gasteiger charge is -2.38. The first-order chi connectivity index (χ1) is 9.63. The summed E-state index contributed by atoms with van der Waals surface area (Å²) in [5.41, 5.74) is 0. The third-order valence-electron chi connectivity index (χ3n) is 4.29. The van der Waals surface area contributed by atoms with Gasteiger partial charge in [0.15, 0.2) is 0 Å². The molecule has 1 unspecified atom stereocenters. The Kier molecular flexibility index (Phi) is 9.44. The fourth-order valence-electron chi connectivity index (χ4n) is 2.71. The maximum Gasteiger partial charge on any atom is 0.0193 e. The van der Waals surface area contributed by atoms with E-state index < -0.39 is 0 Å². The largest absolute Gasteiger partial charge is 0.315 e. The Morgan fingerprint density at radius 1 is 1.10 bits per heavy atom. The van der Waals surface area contributed by atoms with Gasteiger partial charge in [0.2, 0.25) is 0 Å². The zero-order valence-electron chi connectivity index (χ0n) is 14.2.